The highest BCUT2D eigenvalue weighted by Crippen LogP contribution is 2.42. The summed E-state index contributed by atoms with van der Waals surface area (Å²) in [5.41, 5.74) is 2.55. The molecule has 0 unspecified atom stereocenters. The van der Waals surface area contributed by atoms with E-state index >= 15 is 0 Å². The molecule has 34 heavy (non-hydrogen) atoms. The van der Waals surface area contributed by atoms with E-state index in [2.05, 4.69) is 24.0 Å². The van der Waals surface area contributed by atoms with Crippen molar-refractivity contribution in [2.75, 3.05) is 25.7 Å². The topological polar surface area (TPSA) is 38.8 Å². The van der Waals surface area contributed by atoms with E-state index in [-0.39, 0.29) is 5.97 Å². The number of carbonyl (C=O) groups is 1. The Morgan fingerprint density at radius 2 is 1.74 bits per heavy atom. The quantitative estimate of drug-likeness (QED) is 0.363. The van der Waals surface area contributed by atoms with Gasteiger partial charge in [0.15, 0.2) is 0 Å². The van der Waals surface area contributed by atoms with Crippen LogP contribution in [0.3, 0.4) is 0 Å². The van der Waals surface area contributed by atoms with Gasteiger partial charge in [-0.1, -0.05) is 39.7 Å². The fraction of sp³-hybridized carbons (Fsp3) is 0.759. The number of thiophene rings is 1. The molecular formula is C29H47NO3S. The summed E-state index contributed by atoms with van der Waals surface area (Å²) in [6, 6.07) is 2.80. The van der Waals surface area contributed by atoms with Crippen molar-refractivity contribution >= 4 is 28.6 Å². The monoisotopic (exact) mass is 489 g/mol. The molecule has 0 saturated heterocycles. The van der Waals surface area contributed by atoms with Crippen LogP contribution in [0.5, 0.6) is 0 Å². The number of rotatable bonds is 7. The third-order valence-corrected chi connectivity index (χ3v) is 9.19. The summed E-state index contributed by atoms with van der Waals surface area (Å²) in [5, 5.41) is 0. The van der Waals surface area contributed by atoms with Crippen LogP contribution < -0.4 is 4.90 Å². The average Bonchev–Trinajstić information content (AvgIpc) is 3.35. The third-order valence-electron chi connectivity index (χ3n) is 8.01. The maximum absolute atomic E-state index is 12.9. The summed E-state index contributed by atoms with van der Waals surface area (Å²) in [4.78, 5) is 17.6. The van der Waals surface area contributed by atoms with Gasteiger partial charge < -0.3 is 14.4 Å². The second-order valence-corrected chi connectivity index (χ2v) is 11.3. The van der Waals surface area contributed by atoms with E-state index < -0.39 is 0 Å². The van der Waals surface area contributed by atoms with Crippen molar-refractivity contribution in [1.29, 1.82) is 0 Å². The van der Waals surface area contributed by atoms with Gasteiger partial charge in [0, 0.05) is 24.6 Å². The maximum atomic E-state index is 12.9. The van der Waals surface area contributed by atoms with Gasteiger partial charge in [0.1, 0.15) is 4.88 Å². The molecule has 1 aromatic rings. The molecule has 5 heteroatoms. The Hall–Kier alpha value is -1.33. The molecule has 0 amide bonds. The molecule has 192 valence electrons. The number of methoxy groups -OCH3 is 2. The molecular weight excluding hydrogens is 442 g/mol. The van der Waals surface area contributed by atoms with Crippen molar-refractivity contribution in [3.8, 4) is 0 Å². The second kappa shape index (κ2) is 13.7. The van der Waals surface area contributed by atoms with Crippen LogP contribution in [0.2, 0.25) is 0 Å². The number of allylic oxidation sites excluding steroid dienone is 2. The lowest BCUT2D eigenvalue weighted by atomic mass is 9.82. The number of ether oxygens (including phenoxy) is 2. The van der Waals surface area contributed by atoms with E-state index in [1.165, 1.54) is 56.1 Å². The van der Waals surface area contributed by atoms with Gasteiger partial charge in [0.05, 0.1) is 18.9 Å². The molecule has 3 aliphatic rings. The predicted octanol–water partition coefficient (Wildman–Crippen LogP) is 8.11. The maximum Gasteiger partial charge on any atom is 0.350 e. The van der Waals surface area contributed by atoms with Crippen molar-refractivity contribution in [1.82, 2.24) is 0 Å². The van der Waals surface area contributed by atoms with Crippen molar-refractivity contribution in [2.24, 2.45) is 11.8 Å². The summed E-state index contributed by atoms with van der Waals surface area (Å²) in [6.07, 6.45) is 17.3. The lowest BCUT2D eigenvalue weighted by Gasteiger charge is -2.41. The molecule has 0 spiro atoms. The van der Waals surface area contributed by atoms with Crippen molar-refractivity contribution in [2.45, 2.75) is 110 Å². The summed E-state index contributed by atoms with van der Waals surface area (Å²) >= 11 is 1.65. The largest absolute Gasteiger partial charge is 0.465 e. The Morgan fingerprint density at radius 1 is 1.03 bits per heavy atom. The molecule has 2 saturated carbocycles. The molecule has 2 fully saturated rings. The summed E-state index contributed by atoms with van der Waals surface area (Å²) in [7, 11) is 3.35. The van der Waals surface area contributed by atoms with Gasteiger partial charge in [-0.3, -0.25) is 0 Å². The first-order valence-corrected chi connectivity index (χ1v) is 14.6. The molecule has 4 nitrogen and oxygen atoms in total. The normalized spacial score (nSPS) is 27.3. The van der Waals surface area contributed by atoms with E-state index in [4.69, 9.17) is 9.47 Å². The predicted molar refractivity (Wildman–Crippen MR) is 145 cm³/mol. The third kappa shape index (κ3) is 6.87. The number of carbonyl (C=O) groups excluding carboxylic acids is 1. The highest BCUT2D eigenvalue weighted by molar-refractivity contribution is 7.15. The SMILES string of the molecule is CC.COC(=O)c1sc(C2=CCCCC2)cc1N(CC1CCC(C)CC1)C1CCC(OC)CC1. The highest BCUT2D eigenvalue weighted by Gasteiger charge is 2.33. The van der Waals surface area contributed by atoms with Gasteiger partial charge >= 0.3 is 5.97 Å². The minimum absolute atomic E-state index is 0.180. The number of anilines is 1. The summed E-state index contributed by atoms with van der Waals surface area (Å²) in [6.45, 7) is 7.45. The van der Waals surface area contributed by atoms with Gasteiger partial charge in [-0.25, -0.2) is 4.79 Å². The molecule has 4 rings (SSSR count). The first kappa shape index (κ1) is 27.3. The first-order chi connectivity index (χ1) is 16.6. The minimum atomic E-state index is -0.180. The number of hydrogen-bond acceptors (Lipinski definition) is 5. The average molecular weight is 490 g/mol. The Morgan fingerprint density at radius 3 is 2.32 bits per heavy atom. The van der Waals surface area contributed by atoms with Crippen LogP contribution in [0.15, 0.2) is 12.1 Å². The molecule has 1 heterocycles. The van der Waals surface area contributed by atoms with Crippen LogP contribution in [0, 0.1) is 11.8 Å². The van der Waals surface area contributed by atoms with Gasteiger partial charge in [-0.2, -0.15) is 0 Å². The number of hydrogen-bond donors (Lipinski definition) is 0. The lowest BCUT2D eigenvalue weighted by Crippen LogP contribution is -2.43. The van der Waals surface area contributed by atoms with Crippen LogP contribution in [0.25, 0.3) is 5.57 Å². The zero-order valence-electron chi connectivity index (χ0n) is 22.2. The zero-order valence-corrected chi connectivity index (χ0v) is 23.1. The van der Waals surface area contributed by atoms with E-state index in [0.29, 0.717) is 18.1 Å². The molecule has 1 aromatic heterocycles. The van der Waals surface area contributed by atoms with E-state index in [0.717, 1.165) is 61.6 Å². The molecule has 0 aromatic carbocycles. The van der Waals surface area contributed by atoms with Gasteiger partial charge in [0.25, 0.3) is 0 Å². The minimum Gasteiger partial charge on any atom is -0.465 e. The van der Waals surface area contributed by atoms with Gasteiger partial charge in [-0.05, 0) is 87.7 Å². The van der Waals surface area contributed by atoms with Crippen molar-refractivity contribution < 1.29 is 14.3 Å². The van der Waals surface area contributed by atoms with Crippen LogP contribution in [0.1, 0.15) is 112 Å². The number of nitrogens with zero attached hydrogens (tertiary/aromatic N) is 1. The smallest absolute Gasteiger partial charge is 0.350 e. The van der Waals surface area contributed by atoms with Crippen LogP contribution in [-0.4, -0.2) is 38.9 Å². The molecule has 0 aliphatic heterocycles. The summed E-state index contributed by atoms with van der Waals surface area (Å²) in [5.74, 6) is 1.39. The zero-order chi connectivity index (χ0) is 24.5. The molecule has 0 atom stereocenters. The molecule has 0 bridgehead atoms. The van der Waals surface area contributed by atoms with Gasteiger partial charge in [-0.15, -0.1) is 11.3 Å². The van der Waals surface area contributed by atoms with Crippen LogP contribution in [0.4, 0.5) is 5.69 Å². The highest BCUT2D eigenvalue weighted by atomic mass is 32.1. The molecule has 0 N–H and O–H groups in total. The Bertz CT molecular complexity index is 785. The first-order valence-electron chi connectivity index (χ1n) is 13.8. The van der Waals surface area contributed by atoms with E-state index in [1.807, 2.05) is 21.0 Å². The Labute approximate surface area is 212 Å². The Balaban J connectivity index is 0.00000158. The fourth-order valence-corrected chi connectivity index (χ4v) is 7.03. The van der Waals surface area contributed by atoms with E-state index in [9.17, 15) is 4.79 Å². The standard InChI is InChI=1S/C27H41NO3S.C2H6/c1-19-9-11-20(12-10-19)18-28(22-13-15-23(30-2)16-14-22)24-17-25(21-7-5-4-6-8-21)32-26(24)27(29)31-3;1-2/h7,17,19-20,22-23H,4-6,8-16,18H2,1-3H3;1-2H3. The van der Waals surface area contributed by atoms with Crippen molar-refractivity contribution in [3.63, 3.8) is 0 Å². The Kier molecular flexibility index (Phi) is 11.0. The van der Waals surface area contributed by atoms with Crippen molar-refractivity contribution in [3.05, 3.63) is 21.9 Å². The molecule has 3 aliphatic carbocycles. The van der Waals surface area contributed by atoms with E-state index in [1.54, 1.807) is 11.3 Å². The lowest BCUT2D eigenvalue weighted by molar-refractivity contribution is 0.0602. The fourth-order valence-electron chi connectivity index (χ4n) is 5.88. The summed E-state index contributed by atoms with van der Waals surface area (Å²) < 4.78 is 10.9. The van der Waals surface area contributed by atoms with Crippen LogP contribution in [-0.2, 0) is 9.47 Å². The van der Waals surface area contributed by atoms with Crippen LogP contribution >= 0.6 is 11.3 Å². The number of esters is 1. The second-order valence-electron chi connectivity index (χ2n) is 10.2. The molecule has 0 radical (unpaired) electrons. The van der Waals surface area contributed by atoms with Gasteiger partial charge in [0.2, 0.25) is 0 Å².